The molecule has 0 bridgehead atoms. The molecular weight excluding hydrogens is 362 g/mol. The van der Waals surface area contributed by atoms with Crippen molar-refractivity contribution in [3.63, 3.8) is 0 Å². The number of benzene rings is 1. The van der Waals surface area contributed by atoms with Crippen molar-refractivity contribution in [3.05, 3.63) is 29.3 Å². The highest BCUT2D eigenvalue weighted by Crippen LogP contribution is 2.38. The van der Waals surface area contributed by atoms with Crippen molar-refractivity contribution >= 4 is 27.4 Å². The molecule has 1 aliphatic heterocycles. The van der Waals surface area contributed by atoms with Gasteiger partial charge >= 0.3 is 0 Å². The number of rotatable bonds is 5. The van der Waals surface area contributed by atoms with Gasteiger partial charge in [0.15, 0.2) is 0 Å². The van der Waals surface area contributed by atoms with E-state index < -0.39 is 0 Å². The molecule has 1 saturated heterocycles. The van der Waals surface area contributed by atoms with Crippen LogP contribution in [0.25, 0.3) is 21.3 Å². The van der Waals surface area contributed by atoms with Gasteiger partial charge in [0.1, 0.15) is 11.4 Å². The zero-order chi connectivity index (χ0) is 18.8. The van der Waals surface area contributed by atoms with Gasteiger partial charge in [0.25, 0.3) is 0 Å². The molecule has 0 saturated carbocycles. The number of nitrogens with one attached hydrogen (secondary N) is 1. The standard InChI is InChI=1S/C19H23N5O2S/c1-12-16(15-5-4-13-6-10-27-18(13)17(15)26)22-23-19(20-12)21-14-3-2-7-24(11-14)8-9-25/h4-6,10,14,25-26H,2-3,7-9,11H2,1H3,(H,20,21,23)/t14-/m1/s1. The number of hydrogen-bond acceptors (Lipinski definition) is 8. The second kappa shape index (κ2) is 7.75. The van der Waals surface area contributed by atoms with Crippen molar-refractivity contribution in [2.75, 3.05) is 31.6 Å². The van der Waals surface area contributed by atoms with Crippen molar-refractivity contribution in [2.45, 2.75) is 25.8 Å². The zero-order valence-electron chi connectivity index (χ0n) is 15.2. The van der Waals surface area contributed by atoms with Gasteiger partial charge in [-0.1, -0.05) is 6.07 Å². The average molecular weight is 385 g/mol. The highest BCUT2D eigenvalue weighted by atomic mass is 32.1. The van der Waals surface area contributed by atoms with Crippen LogP contribution in [-0.2, 0) is 0 Å². The van der Waals surface area contributed by atoms with Crippen molar-refractivity contribution in [3.8, 4) is 17.0 Å². The first-order valence-electron chi connectivity index (χ1n) is 9.16. The van der Waals surface area contributed by atoms with Gasteiger partial charge in [-0.3, -0.25) is 4.90 Å². The topological polar surface area (TPSA) is 94.4 Å². The highest BCUT2D eigenvalue weighted by Gasteiger charge is 2.21. The number of aromatic hydroxyl groups is 1. The van der Waals surface area contributed by atoms with Crippen LogP contribution in [0.3, 0.4) is 0 Å². The third-order valence-electron chi connectivity index (χ3n) is 4.97. The van der Waals surface area contributed by atoms with E-state index in [0.717, 1.165) is 41.7 Å². The van der Waals surface area contributed by atoms with E-state index in [1.54, 1.807) is 0 Å². The third kappa shape index (κ3) is 3.73. The molecule has 3 N–H and O–H groups in total. The Balaban J connectivity index is 1.54. The van der Waals surface area contributed by atoms with E-state index in [0.29, 0.717) is 23.8 Å². The van der Waals surface area contributed by atoms with Crippen LogP contribution in [0.4, 0.5) is 5.95 Å². The lowest BCUT2D eigenvalue weighted by Crippen LogP contribution is -2.43. The molecule has 7 nitrogen and oxygen atoms in total. The number of piperidine rings is 1. The predicted octanol–water partition coefficient (Wildman–Crippen LogP) is 2.64. The quantitative estimate of drug-likeness (QED) is 0.621. The summed E-state index contributed by atoms with van der Waals surface area (Å²) in [6.07, 6.45) is 2.12. The zero-order valence-corrected chi connectivity index (χ0v) is 16.0. The average Bonchev–Trinajstić information content (AvgIpc) is 3.13. The number of β-amino-alcohol motifs (C(OH)–C–C–N with tert-alkyl or cyclic N) is 1. The summed E-state index contributed by atoms with van der Waals surface area (Å²) in [4.78, 5) is 6.80. The van der Waals surface area contributed by atoms with Gasteiger partial charge in [-0.25, -0.2) is 4.98 Å². The summed E-state index contributed by atoms with van der Waals surface area (Å²) in [5.74, 6) is 0.734. The summed E-state index contributed by atoms with van der Waals surface area (Å²) in [6, 6.07) is 6.07. The van der Waals surface area contributed by atoms with Crippen molar-refractivity contribution in [1.82, 2.24) is 20.1 Å². The van der Waals surface area contributed by atoms with Gasteiger partial charge in [0, 0.05) is 24.7 Å². The summed E-state index contributed by atoms with van der Waals surface area (Å²) < 4.78 is 0.849. The van der Waals surface area contributed by atoms with Crippen LogP contribution in [-0.4, -0.2) is 62.6 Å². The Morgan fingerprint density at radius 2 is 2.19 bits per heavy atom. The van der Waals surface area contributed by atoms with Crippen LogP contribution < -0.4 is 5.32 Å². The molecule has 27 heavy (non-hydrogen) atoms. The monoisotopic (exact) mass is 385 g/mol. The molecule has 3 heterocycles. The first kappa shape index (κ1) is 18.1. The molecule has 8 heteroatoms. The summed E-state index contributed by atoms with van der Waals surface area (Å²) >= 11 is 1.51. The fourth-order valence-corrected chi connectivity index (χ4v) is 4.47. The van der Waals surface area contributed by atoms with Crippen LogP contribution in [0, 0.1) is 6.92 Å². The number of nitrogens with zero attached hydrogens (tertiary/aromatic N) is 4. The lowest BCUT2D eigenvalue weighted by Gasteiger charge is -2.32. The molecule has 142 valence electrons. The molecule has 1 atom stereocenters. The molecule has 1 fully saturated rings. The number of phenols is 1. The molecule has 2 aromatic heterocycles. The lowest BCUT2D eigenvalue weighted by molar-refractivity contribution is 0.166. The molecule has 3 aromatic rings. The maximum absolute atomic E-state index is 10.6. The van der Waals surface area contributed by atoms with Gasteiger partial charge in [-0.2, -0.15) is 0 Å². The number of aliphatic hydroxyl groups excluding tert-OH is 1. The van der Waals surface area contributed by atoms with E-state index in [9.17, 15) is 5.11 Å². The Bertz CT molecular complexity index is 943. The van der Waals surface area contributed by atoms with Crippen molar-refractivity contribution < 1.29 is 10.2 Å². The SMILES string of the molecule is Cc1nc(N[C@@H]2CCCN(CCO)C2)nnc1-c1ccc2ccsc2c1O. The molecule has 0 unspecified atom stereocenters. The number of thiophene rings is 1. The van der Waals surface area contributed by atoms with E-state index in [-0.39, 0.29) is 18.4 Å². The number of likely N-dealkylation sites (tertiary alicyclic amines) is 1. The Hall–Kier alpha value is -2.29. The normalized spacial score (nSPS) is 18.1. The summed E-state index contributed by atoms with van der Waals surface area (Å²) in [5, 5.41) is 34.6. The van der Waals surface area contributed by atoms with E-state index in [1.165, 1.54) is 11.3 Å². The minimum absolute atomic E-state index is 0.177. The van der Waals surface area contributed by atoms with Gasteiger partial charge in [0.2, 0.25) is 5.95 Å². The number of anilines is 1. The number of hydrogen-bond donors (Lipinski definition) is 3. The molecule has 4 rings (SSSR count). The first-order chi connectivity index (χ1) is 13.2. The summed E-state index contributed by atoms with van der Waals surface area (Å²) in [5.41, 5.74) is 1.97. The van der Waals surface area contributed by atoms with Gasteiger partial charge < -0.3 is 15.5 Å². The number of aryl methyl sites for hydroxylation is 1. The highest BCUT2D eigenvalue weighted by molar-refractivity contribution is 7.17. The fourth-order valence-electron chi connectivity index (χ4n) is 3.62. The minimum atomic E-state index is 0.177. The summed E-state index contributed by atoms with van der Waals surface area (Å²) in [7, 11) is 0. The van der Waals surface area contributed by atoms with E-state index in [1.807, 2.05) is 30.5 Å². The number of phenolic OH excluding ortho intramolecular Hbond substituents is 1. The van der Waals surface area contributed by atoms with Crippen LogP contribution in [0.2, 0.25) is 0 Å². The largest absolute Gasteiger partial charge is 0.506 e. The van der Waals surface area contributed by atoms with Gasteiger partial charge in [-0.15, -0.1) is 21.5 Å². The molecule has 0 amide bonds. The van der Waals surface area contributed by atoms with Gasteiger partial charge in [0.05, 0.1) is 17.0 Å². The predicted molar refractivity (Wildman–Crippen MR) is 107 cm³/mol. The maximum Gasteiger partial charge on any atom is 0.243 e. The molecule has 1 aromatic carbocycles. The van der Waals surface area contributed by atoms with Crippen LogP contribution in [0.5, 0.6) is 5.75 Å². The molecule has 1 aliphatic rings. The Morgan fingerprint density at radius 3 is 3.00 bits per heavy atom. The van der Waals surface area contributed by atoms with Crippen LogP contribution in [0.1, 0.15) is 18.5 Å². The lowest BCUT2D eigenvalue weighted by atomic mass is 10.1. The second-order valence-corrected chi connectivity index (χ2v) is 7.79. The van der Waals surface area contributed by atoms with E-state index in [4.69, 9.17) is 5.11 Å². The molecular formula is C19H23N5O2S. The van der Waals surface area contributed by atoms with E-state index in [2.05, 4.69) is 25.4 Å². The fraction of sp³-hybridized carbons (Fsp3) is 0.421. The number of fused-ring (bicyclic) bond motifs is 1. The molecule has 0 radical (unpaired) electrons. The Labute approximate surface area is 161 Å². The molecule has 0 aliphatic carbocycles. The Kier molecular flexibility index (Phi) is 5.20. The van der Waals surface area contributed by atoms with Crippen LogP contribution >= 0.6 is 11.3 Å². The smallest absolute Gasteiger partial charge is 0.243 e. The van der Waals surface area contributed by atoms with Crippen molar-refractivity contribution in [1.29, 1.82) is 0 Å². The van der Waals surface area contributed by atoms with Crippen molar-refractivity contribution in [2.24, 2.45) is 0 Å². The van der Waals surface area contributed by atoms with Crippen LogP contribution in [0.15, 0.2) is 23.6 Å². The molecule has 0 spiro atoms. The summed E-state index contributed by atoms with van der Waals surface area (Å²) in [6.45, 7) is 4.63. The second-order valence-electron chi connectivity index (χ2n) is 6.88. The third-order valence-corrected chi connectivity index (χ3v) is 5.90. The maximum atomic E-state index is 10.6. The minimum Gasteiger partial charge on any atom is -0.506 e. The number of aliphatic hydroxyl groups is 1. The first-order valence-corrected chi connectivity index (χ1v) is 10.0. The van der Waals surface area contributed by atoms with Gasteiger partial charge in [-0.05, 0) is 49.2 Å². The Morgan fingerprint density at radius 1 is 1.30 bits per heavy atom. The number of aromatic nitrogens is 3. The van der Waals surface area contributed by atoms with E-state index >= 15 is 0 Å².